The normalized spacial score (nSPS) is 29.7. The maximum absolute atomic E-state index is 11.5. The summed E-state index contributed by atoms with van der Waals surface area (Å²) in [7, 11) is 0. The van der Waals surface area contributed by atoms with Crippen LogP contribution in [0.5, 0.6) is 0 Å². The minimum absolute atomic E-state index is 0.0599. The third-order valence-electron chi connectivity index (χ3n) is 2.95. The molecule has 0 bridgehead atoms. The summed E-state index contributed by atoms with van der Waals surface area (Å²) in [5, 5.41) is 11.4. The molecular weight excluding hydrogens is 198 g/mol. The van der Waals surface area contributed by atoms with E-state index < -0.39 is 12.1 Å². The molecule has 2 rings (SSSR count). The van der Waals surface area contributed by atoms with Crippen LogP contribution in [0.1, 0.15) is 32.6 Å². The first-order valence-electron chi connectivity index (χ1n) is 5.40. The van der Waals surface area contributed by atoms with E-state index in [1.165, 1.54) is 0 Å². The Kier molecular flexibility index (Phi) is 2.79. The molecule has 2 aliphatic rings. The number of rotatable bonds is 2. The van der Waals surface area contributed by atoms with E-state index in [2.05, 4.69) is 0 Å². The smallest absolute Gasteiger partial charge is 0.326 e. The van der Waals surface area contributed by atoms with Gasteiger partial charge < -0.3 is 9.57 Å². The summed E-state index contributed by atoms with van der Waals surface area (Å²) in [5.74, 6) is -0.476. The van der Waals surface area contributed by atoms with Gasteiger partial charge in [-0.05, 0) is 19.8 Å². The van der Waals surface area contributed by atoms with Gasteiger partial charge in [0.25, 0.3) is 0 Å². The van der Waals surface area contributed by atoms with Gasteiger partial charge >= 0.3 is 5.97 Å². The molecule has 0 aromatic heterocycles. The zero-order valence-corrected chi connectivity index (χ0v) is 8.77. The van der Waals surface area contributed by atoms with E-state index in [1.807, 2.05) is 0 Å². The van der Waals surface area contributed by atoms with Crippen LogP contribution in [0, 0.1) is 11.1 Å². The molecule has 0 N–H and O–H groups in total. The van der Waals surface area contributed by atoms with Crippen molar-refractivity contribution in [2.24, 2.45) is 5.92 Å². The van der Waals surface area contributed by atoms with Gasteiger partial charge in [0.05, 0.1) is 12.5 Å². The molecule has 15 heavy (non-hydrogen) atoms. The first kappa shape index (κ1) is 10.3. The summed E-state index contributed by atoms with van der Waals surface area (Å²) in [6.07, 6.45) is 2.92. The Morgan fingerprint density at radius 3 is 3.20 bits per heavy atom. The fraction of sp³-hybridized carbons (Fsp3) is 0.800. The van der Waals surface area contributed by atoms with Crippen molar-refractivity contribution in [1.29, 1.82) is 0 Å². The first-order chi connectivity index (χ1) is 7.24. The Morgan fingerprint density at radius 2 is 2.47 bits per heavy atom. The molecule has 2 unspecified atom stereocenters. The topological polar surface area (TPSA) is 61.6 Å². The number of esters is 1. The first-order valence-corrected chi connectivity index (χ1v) is 5.40. The van der Waals surface area contributed by atoms with Crippen molar-refractivity contribution in [2.75, 3.05) is 6.61 Å². The van der Waals surface area contributed by atoms with Gasteiger partial charge in [-0.25, -0.2) is 0 Å². The van der Waals surface area contributed by atoms with Crippen LogP contribution >= 0.6 is 0 Å². The van der Waals surface area contributed by atoms with Crippen molar-refractivity contribution in [2.45, 2.75) is 38.7 Å². The molecule has 0 radical (unpaired) electrons. The van der Waals surface area contributed by atoms with E-state index in [1.54, 1.807) is 6.92 Å². The van der Waals surface area contributed by atoms with Gasteiger partial charge in [0.15, 0.2) is 6.10 Å². The predicted molar refractivity (Wildman–Crippen MR) is 52.1 cm³/mol. The van der Waals surface area contributed by atoms with E-state index in [0.29, 0.717) is 17.2 Å². The van der Waals surface area contributed by atoms with Gasteiger partial charge in [0.1, 0.15) is 0 Å². The molecule has 0 spiro atoms. The Hall–Kier alpha value is -1.26. The molecule has 2 atom stereocenters. The minimum Gasteiger partial charge on any atom is -0.465 e. The number of carbonyl (C=O) groups excluding carboxylic acids is 1. The van der Waals surface area contributed by atoms with Gasteiger partial charge in [0, 0.05) is 11.3 Å². The molecular formula is C10H15NO4. The molecule has 5 nitrogen and oxygen atoms in total. The van der Waals surface area contributed by atoms with Gasteiger partial charge in [-0.1, -0.05) is 6.42 Å². The lowest BCUT2D eigenvalue weighted by atomic mass is 9.84. The molecule has 0 amide bonds. The highest BCUT2D eigenvalue weighted by Crippen LogP contribution is 2.31. The van der Waals surface area contributed by atoms with Gasteiger partial charge in [-0.15, -0.1) is 0 Å². The van der Waals surface area contributed by atoms with Crippen LogP contribution in [-0.2, 0) is 14.4 Å². The van der Waals surface area contributed by atoms with Crippen LogP contribution in [0.2, 0.25) is 0 Å². The van der Waals surface area contributed by atoms with Crippen molar-refractivity contribution >= 4 is 11.7 Å². The Bertz CT molecular complexity index is 300. The number of hydrogen-bond acceptors (Lipinski definition) is 4. The summed E-state index contributed by atoms with van der Waals surface area (Å²) in [6.45, 7) is 2.06. The Balaban J connectivity index is 2.09. The average Bonchev–Trinajstić information content (AvgIpc) is 2.58. The number of ether oxygens (including phenoxy) is 1. The van der Waals surface area contributed by atoms with Crippen LogP contribution in [-0.4, -0.2) is 29.3 Å². The number of fused-ring (bicyclic) bond motifs is 1. The highest BCUT2D eigenvalue weighted by Gasteiger charge is 2.45. The van der Waals surface area contributed by atoms with Crippen molar-refractivity contribution in [1.82, 2.24) is 0 Å². The van der Waals surface area contributed by atoms with Gasteiger partial charge in [0.2, 0.25) is 5.71 Å². The predicted octanol–water partition coefficient (Wildman–Crippen LogP) is 1.00. The van der Waals surface area contributed by atoms with Gasteiger partial charge in [-0.2, -0.15) is 0 Å². The molecule has 0 aromatic rings. The number of hydrogen-bond donors (Lipinski definition) is 0. The van der Waals surface area contributed by atoms with Crippen LogP contribution in [0.15, 0.2) is 0 Å². The Morgan fingerprint density at radius 1 is 1.67 bits per heavy atom. The maximum atomic E-state index is 11.5. The lowest BCUT2D eigenvalue weighted by Gasteiger charge is -2.19. The van der Waals surface area contributed by atoms with Gasteiger partial charge in [-0.3, -0.25) is 10.0 Å². The van der Waals surface area contributed by atoms with E-state index in [9.17, 15) is 10.0 Å². The molecule has 0 aromatic carbocycles. The average molecular weight is 213 g/mol. The second-order valence-electron chi connectivity index (χ2n) is 3.88. The van der Waals surface area contributed by atoms with E-state index in [4.69, 9.17) is 9.57 Å². The third-order valence-corrected chi connectivity index (χ3v) is 2.95. The quantitative estimate of drug-likeness (QED) is 0.507. The second-order valence-corrected chi connectivity index (χ2v) is 3.88. The maximum Gasteiger partial charge on any atom is 0.326 e. The van der Waals surface area contributed by atoms with Crippen LogP contribution in [0.3, 0.4) is 0 Å². The fourth-order valence-electron chi connectivity index (χ4n) is 2.25. The molecule has 0 saturated heterocycles. The number of carbonyl (C=O) groups is 1. The summed E-state index contributed by atoms with van der Waals surface area (Å²) in [4.78, 5) is 17.0. The van der Waals surface area contributed by atoms with Crippen molar-refractivity contribution in [3.63, 3.8) is 0 Å². The SMILES string of the molecule is CCOC(=O)C1O[N+]([O-])=C2CCCCC21. The highest BCUT2D eigenvalue weighted by atomic mass is 16.9. The highest BCUT2D eigenvalue weighted by molar-refractivity contribution is 5.90. The van der Waals surface area contributed by atoms with Crippen molar-refractivity contribution in [3.05, 3.63) is 5.21 Å². The monoisotopic (exact) mass is 213 g/mol. The van der Waals surface area contributed by atoms with Crippen LogP contribution < -0.4 is 0 Å². The van der Waals surface area contributed by atoms with E-state index in [0.717, 1.165) is 25.7 Å². The van der Waals surface area contributed by atoms with Crippen LogP contribution in [0.4, 0.5) is 0 Å². The van der Waals surface area contributed by atoms with Crippen LogP contribution in [0.25, 0.3) is 0 Å². The molecule has 1 fully saturated rings. The lowest BCUT2D eigenvalue weighted by Crippen LogP contribution is -2.34. The molecule has 1 aliphatic heterocycles. The fourth-order valence-corrected chi connectivity index (χ4v) is 2.25. The molecule has 84 valence electrons. The summed E-state index contributed by atoms with van der Waals surface area (Å²) >= 11 is 0. The van der Waals surface area contributed by atoms with E-state index in [-0.39, 0.29) is 5.92 Å². The standard InChI is InChI=1S/C10H15NO4/c1-2-14-10(12)9-7-5-3-4-6-8(7)11(13)15-9/h7,9H,2-6H2,1H3. The lowest BCUT2D eigenvalue weighted by molar-refractivity contribution is -0.738. The molecule has 1 aliphatic carbocycles. The molecule has 1 heterocycles. The summed E-state index contributed by atoms with van der Waals surface area (Å²) in [6, 6.07) is 0. The largest absolute Gasteiger partial charge is 0.465 e. The van der Waals surface area contributed by atoms with Crippen molar-refractivity contribution in [3.8, 4) is 0 Å². The molecule has 5 heteroatoms. The summed E-state index contributed by atoms with van der Waals surface area (Å²) in [5.41, 5.74) is 0.708. The zero-order chi connectivity index (χ0) is 10.8. The second kappa shape index (κ2) is 4.08. The summed E-state index contributed by atoms with van der Waals surface area (Å²) < 4.78 is 4.88. The third kappa shape index (κ3) is 1.78. The minimum atomic E-state index is -0.710. The zero-order valence-electron chi connectivity index (χ0n) is 8.77. The number of nitrogens with zero attached hydrogens (tertiary/aromatic N) is 1. The Labute approximate surface area is 88.2 Å². The molecule has 1 saturated carbocycles. The van der Waals surface area contributed by atoms with Crippen molar-refractivity contribution < 1.29 is 19.3 Å². The van der Waals surface area contributed by atoms with E-state index >= 15 is 0 Å².